The molecule has 0 unspecified atom stereocenters. The average Bonchev–Trinajstić information content (AvgIpc) is 2.74. The van der Waals surface area contributed by atoms with Crippen LogP contribution in [0, 0.1) is 0 Å². The molecule has 12 nitrogen and oxygen atoms in total. The molecular weight excluding hydrogens is 440 g/mol. The Morgan fingerprint density at radius 1 is 0.333 bits per heavy atom. The van der Waals surface area contributed by atoms with Gasteiger partial charge in [0.1, 0.15) is 0 Å². The molecule has 30 heavy (non-hydrogen) atoms. The van der Waals surface area contributed by atoms with Gasteiger partial charge in [0.05, 0.1) is 26.4 Å². The van der Waals surface area contributed by atoms with Crippen molar-refractivity contribution in [3.05, 3.63) is 0 Å². The maximum atomic E-state index is 5.42. The summed E-state index contributed by atoms with van der Waals surface area (Å²) in [6, 6.07) is 0. The largest absolute Gasteiger partial charge is 0.792 e. The Kier molecular flexibility index (Phi) is 23.7. The van der Waals surface area contributed by atoms with Gasteiger partial charge in [-0.15, -0.1) is 0 Å². The van der Waals surface area contributed by atoms with Crippen molar-refractivity contribution in [2.24, 2.45) is 0 Å². The van der Waals surface area contributed by atoms with Crippen molar-refractivity contribution >= 4 is 18.1 Å². The van der Waals surface area contributed by atoms with Crippen LogP contribution >= 0.6 is 0 Å². The molecule has 0 rings (SSSR count). The zero-order valence-corrected chi connectivity index (χ0v) is 21.6. The first-order valence-corrected chi connectivity index (χ1v) is 13.5. The van der Waals surface area contributed by atoms with E-state index in [4.69, 9.17) is 55.6 Å². The summed E-state index contributed by atoms with van der Waals surface area (Å²) in [6.45, 7) is 17.8. The van der Waals surface area contributed by atoms with Gasteiger partial charge in [-0.3, -0.25) is 0 Å². The van der Waals surface area contributed by atoms with Crippen LogP contribution in [0.15, 0.2) is 0 Å². The second kappa shape index (κ2) is 22.2. The van der Waals surface area contributed by atoms with E-state index >= 15 is 0 Å². The van der Waals surface area contributed by atoms with Crippen LogP contribution in [0.3, 0.4) is 0 Å². The first-order chi connectivity index (χ1) is 14.5. The zero-order valence-electron chi connectivity index (χ0n) is 19.6. The predicted molar refractivity (Wildman–Crippen MR) is 109 cm³/mol. The Morgan fingerprint density at radius 3 is 0.733 bits per heavy atom. The summed E-state index contributed by atoms with van der Waals surface area (Å²) >= 11 is 0. The van der Waals surface area contributed by atoms with Crippen molar-refractivity contribution in [2.45, 2.75) is 55.4 Å². The summed E-state index contributed by atoms with van der Waals surface area (Å²) in [5.41, 5.74) is 0. The van der Waals surface area contributed by atoms with E-state index in [2.05, 4.69) is 0 Å². The second-order valence-corrected chi connectivity index (χ2v) is 8.51. The fourth-order valence-electron chi connectivity index (χ4n) is 1.56. The fraction of sp³-hybridized carbons (Fsp3) is 1.00. The minimum atomic E-state index is -3.77. The number of rotatable bonds is 20. The summed E-state index contributed by atoms with van der Waals surface area (Å²) in [5.74, 6) is 0. The van der Waals surface area contributed by atoms with Crippen LogP contribution in [0.4, 0.5) is 0 Å². The predicted octanol–water partition coefficient (Wildman–Crippen LogP) is 2.86. The van der Waals surface area contributed by atoms with E-state index < -0.39 is 18.1 Å². The van der Waals surface area contributed by atoms with E-state index in [0.717, 1.165) is 0 Å². The van der Waals surface area contributed by atoms with Crippen molar-refractivity contribution in [1.29, 1.82) is 0 Å². The van der Waals surface area contributed by atoms with Crippen LogP contribution in [-0.4, -0.2) is 71.0 Å². The fourth-order valence-corrected chi connectivity index (χ4v) is 4.69. The zero-order chi connectivity index (χ0) is 23.1. The molecule has 0 aromatic carbocycles. The van der Waals surface area contributed by atoms with Gasteiger partial charge in [0.15, 0.2) is 0 Å². The summed E-state index contributed by atoms with van der Waals surface area (Å²) < 4.78 is 41.2. The van der Waals surface area contributed by atoms with Crippen LogP contribution < -0.4 is 0 Å². The summed E-state index contributed by atoms with van der Waals surface area (Å²) in [6.07, 6.45) is 0. The van der Waals surface area contributed by atoms with Crippen LogP contribution in [0.5, 0.6) is 0 Å². The van der Waals surface area contributed by atoms with Gasteiger partial charge < -0.3 is 17.7 Å². The molecule has 0 fully saturated rings. The van der Waals surface area contributed by atoms with E-state index in [1.165, 1.54) is 0 Å². The van der Waals surface area contributed by atoms with Crippen molar-refractivity contribution in [2.75, 3.05) is 52.9 Å². The maximum absolute atomic E-state index is 5.42. The average molecular weight is 481 g/mol. The van der Waals surface area contributed by atoms with Gasteiger partial charge in [0, 0.05) is 26.4 Å². The number of hydrogen-bond donors (Lipinski definition) is 0. The molecule has 14 heteroatoms. The van der Waals surface area contributed by atoms with Gasteiger partial charge in [0.2, 0.25) is 0 Å². The molecule has 0 saturated carbocycles. The Morgan fingerprint density at radius 2 is 0.567 bits per heavy atom. The molecule has 0 bridgehead atoms. The highest BCUT2D eigenvalue weighted by atomic mass is 28.4. The van der Waals surface area contributed by atoms with Crippen LogP contribution in [-0.2, 0) is 55.6 Å². The molecule has 0 aromatic heterocycles. The molecular formula is C16H40O12Si2. The van der Waals surface area contributed by atoms with E-state index in [1.54, 1.807) is 27.7 Å². The van der Waals surface area contributed by atoms with E-state index in [0.29, 0.717) is 26.4 Å². The molecule has 0 aliphatic carbocycles. The molecule has 0 aliphatic heterocycles. The highest BCUT2D eigenvalue weighted by Gasteiger charge is 2.54. The molecule has 0 spiro atoms. The van der Waals surface area contributed by atoms with E-state index in [1.807, 2.05) is 27.7 Å². The van der Waals surface area contributed by atoms with Gasteiger partial charge >= 0.3 is 18.1 Å². The molecule has 0 radical (unpaired) electrons. The van der Waals surface area contributed by atoms with Gasteiger partial charge in [-0.05, 0) is 55.4 Å². The van der Waals surface area contributed by atoms with Gasteiger partial charge in [-0.1, -0.05) is 0 Å². The van der Waals surface area contributed by atoms with Crippen molar-refractivity contribution in [1.82, 2.24) is 0 Å². The number of hydrogen-bond acceptors (Lipinski definition) is 12. The lowest BCUT2D eigenvalue weighted by Crippen LogP contribution is -2.49. The molecule has 0 atom stereocenters. The quantitative estimate of drug-likeness (QED) is 0.145. The standard InChI is InChI=1S/C8H20O8Si.C8H20O4Si/c1-5-9-13-17(14-10-6-2,15-11-7-3)16-12-8-4;1-5-9-13(10-6-2,11-7-3)12-8-4/h5-8H2,1-4H3;5-8H2,1-4H3. The van der Waals surface area contributed by atoms with E-state index in [-0.39, 0.29) is 26.4 Å². The van der Waals surface area contributed by atoms with Crippen LogP contribution in [0.2, 0.25) is 0 Å². The third kappa shape index (κ3) is 15.7. The highest BCUT2D eigenvalue weighted by molar-refractivity contribution is 6.53. The topological polar surface area (TPSA) is 111 Å². The smallest absolute Gasteiger partial charge is 0.351 e. The Hall–Kier alpha value is -0.0462. The monoisotopic (exact) mass is 480 g/mol. The van der Waals surface area contributed by atoms with Gasteiger partial charge in [0.25, 0.3) is 0 Å². The van der Waals surface area contributed by atoms with Crippen molar-refractivity contribution < 1.29 is 55.6 Å². The maximum Gasteiger partial charge on any atom is 0.792 e. The minimum absolute atomic E-state index is 0.273. The lowest BCUT2D eigenvalue weighted by molar-refractivity contribution is -0.425. The first kappa shape index (κ1) is 32.1. The van der Waals surface area contributed by atoms with Crippen molar-refractivity contribution in [3.8, 4) is 0 Å². The third-order valence-electron chi connectivity index (χ3n) is 2.40. The lowest BCUT2D eigenvalue weighted by Gasteiger charge is -2.26. The summed E-state index contributed by atoms with van der Waals surface area (Å²) in [5, 5.41) is 0. The third-order valence-corrected chi connectivity index (χ3v) is 6.26. The lowest BCUT2D eigenvalue weighted by atomic mass is 10.9. The molecule has 184 valence electrons. The molecule has 0 amide bonds. The molecule has 0 aromatic rings. The minimum Gasteiger partial charge on any atom is -0.351 e. The second-order valence-electron chi connectivity index (χ2n) is 4.69. The van der Waals surface area contributed by atoms with E-state index in [9.17, 15) is 0 Å². The Labute approximate surface area is 182 Å². The molecule has 0 aliphatic rings. The SMILES string of the molecule is CCOO[Si](OOCC)(OOCC)OOCC.CCO[Si](OCC)(OCC)OCC. The van der Waals surface area contributed by atoms with Crippen molar-refractivity contribution in [3.63, 3.8) is 0 Å². The van der Waals surface area contributed by atoms with Gasteiger partial charge in [-0.25, -0.2) is 19.6 Å². The molecule has 0 heterocycles. The summed E-state index contributed by atoms with van der Waals surface area (Å²) in [7, 11) is -6.56. The summed E-state index contributed by atoms with van der Waals surface area (Å²) in [4.78, 5) is 18.9. The first-order valence-electron chi connectivity index (χ1n) is 10.3. The van der Waals surface area contributed by atoms with Crippen LogP contribution in [0.25, 0.3) is 0 Å². The Balaban J connectivity index is 0. The molecule has 0 saturated heterocycles. The molecule has 0 N–H and O–H groups in total. The van der Waals surface area contributed by atoms with Gasteiger partial charge in [-0.2, -0.15) is 18.3 Å². The van der Waals surface area contributed by atoms with Crippen LogP contribution in [0.1, 0.15) is 55.4 Å². The normalized spacial score (nSPS) is 12.0. The highest BCUT2D eigenvalue weighted by Crippen LogP contribution is 2.14. The Bertz CT molecular complexity index is 287.